The summed E-state index contributed by atoms with van der Waals surface area (Å²) in [5.41, 5.74) is 8.43. The minimum atomic E-state index is -0.667. The third-order valence-electron chi connectivity index (χ3n) is 6.05. The molecule has 7 nitrogen and oxygen atoms in total. The molecule has 5 rings (SSSR count). The molecule has 1 fully saturated rings. The van der Waals surface area contributed by atoms with Gasteiger partial charge in [0.2, 0.25) is 0 Å². The number of aliphatic imine (C=N–C) groups is 1. The molecule has 3 aliphatic rings. The van der Waals surface area contributed by atoms with Crippen LogP contribution in [0, 0.1) is 17.2 Å². The second kappa shape index (κ2) is 6.21. The van der Waals surface area contributed by atoms with E-state index in [9.17, 15) is 5.11 Å². The van der Waals surface area contributed by atoms with Crippen LogP contribution >= 0.6 is 0 Å². The van der Waals surface area contributed by atoms with Gasteiger partial charge in [-0.25, -0.2) is 4.99 Å². The number of aromatic nitrogens is 1. The van der Waals surface area contributed by atoms with Crippen LogP contribution in [0.3, 0.4) is 0 Å². The lowest BCUT2D eigenvalue weighted by Gasteiger charge is -2.47. The van der Waals surface area contributed by atoms with Crippen LogP contribution in [-0.4, -0.2) is 34.9 Å². The maximum Gasteiger partial charge on any atom is 0.283 e. The first kappa shape index (κ1) is 17.0. The van der Waals surface area contributed by atoms with Crippen molar-refractivity contribution in [1.82, 2.24) is 4.98 Å². The number of hydrogen-bond acceptors (Lipinski definition) is 7. The molecule has 4 atom stereocenters. The molecule has 1 aliphatic carbocycles. The maximum absolute atomic E-state index is 10.3. The van der Waals surface area contributed by atoms with E-state index in [4.69, 9.17) is 25.5 Å². The highest BCUT2D eigenvalue weighted by Gasteiger charge is 2.55. The van der Waals surface area contributed by atoms with Crippen LogP contribution in [0.25, 0.3) is 11.1 Å². The predicted octanol–water partition coefficient (Wildman–Crippen LogP) is 2.08. The van der Waals surface area contributed by atoms with Crippen molar-refractivity contribution in [2.75, 3.05) is 6.61 Å². The largest absolute Gasteiger partial charge is 0.490 e. The average Bonchev–Trinajstić information content (AvgIpc) is 3.11. The molecule has 28 heavy (non-hydrogen) atoms. The highest BCUT2D eigenvalue weighted by molar-refractivity contribution is 5.75. The molecule has 1 aromatic carbocycles. The summed E-state index contributed by atoms with van der Waals surface area (Å²) in [6.07, 6.45) is 4.96. The molecular formula is C21H20N4O3. The zero-order chi connectivity index (χ0) is 19.3. The number of nitrogens with two attached hydrogens (primary N) is 1. The summed E-state index contributed by atoms with van der Waals surface area (Å²) in [6.45, 7) is 0.336. The fourth-order valence-electron chi connectivity index (χ4n) is 4.71. The lowest BCUT2D eigenvalue weighted by Crippen LogP contribution is -2.51. The lowest BCUT2D eigenvalue weighted by molar-refractivity contribution is -0.0359. The zero-order valence-electron chi connectivity index (χ0n) is 15.2. The number of ether oxygens (including phenoxy) is 2. The number of rotatable bonds is 1. The van der Waals surface area contributed by atoms with Gasteiger partial charge in [0, 0.05) is 29.4 Å². The predicted molar refractivity (Wildman–Crippen MR) is 101 cm³/mol. The standard InChI is InChI=1S/C21H20N4O3/c22-8-12-5-14(10-24-9-12)13-1-3-18-16(6-13)21(11-27-20(23)25-21)17-7-15(26)2-4-19(17)28-18/h1,3,5-6,9-10,15,17,19,26H,2,4,7,11H2,(H2,23,25)/t15-,17-,19-,21?/m0/s1. The molecule has 142 valence electrons. The van der Waals surface area contributed by atoms with Gasteiger partial charge in [-0.15, -0.1) is 0 Å². The van der Waals surface area contributed by atoms with Gasteiger partial charge in [0.25, 0.3) is 6.02 Å². The van der Waals surface area contributed by atoms with Gasteiger partial charge in [0.15, 0.2) is 0 Å². The third-order valence-corrected chi connectivity index (χ3v) is 6.05. The second-order valence-corrected chi connectivity index (χ2v) is 7.68. The average molecular weight is 376 g/mol. The fraction of sp³-hybridized carbons (Fsp3) is 0.381. The monoisotopic (exact) mass is 376 g/mol. The van der Waals surface area contributed by atoms with E-state index in [-0.39, 0.29) is 24.1 Å². The van der Waals surface area contributed by atoms with Gasteiger partial charge < -0.3 is 20.3 Å². The van der Waals surface area contributed by atoms with Crippen molar-refractivity contribution in [3.63, 3.8) is 0 Å². The number of hydrogen-bond donors (Lipinski definition) is 2. The summed E-state index contributed by atoms with van der Waals surface area (Å²) in [7, 11) is 0. The number of benzene rings is 1. The number of amidine groups is 1. The van der Waals surface area contributed by atoms with Crippen molar-refractivity contribution < 1.29 is 14.6 Å². The van der Waals surface area contributed by atoms with Gasteiger partial charge in [-0.2, -0.15) is 5.26 Å². The van der Waals surface area contributed by atoms with E-state index in [2.05, 4.69) is 11.1 Å². The van der Waals surface area contributed by atoms with Crippen LogP contribution < -0.4 is 10.5 Å². The van der Waals surface area contributed by atoms with Gasteiger partial charge in [0.1, 0.15) is 30.1 Å². The van der Waals surface area contributed by atoms with E-state index in [0.717, 1.165) is 35.3 Å². The van der Waals surface area contributed by atoms with Crippen molar-refractivity contribution in [3.8, 4) is 22.9 Å². The van der Waals surface area contributed by atoms with Crippen LogP contribution in [0.4, 0.5) is 0 Å². The number of aliphatic hydroxyl groups is 1. The molecule has 1 unspecified atom stereocenters. The van der Waals surface area contributed by atoms with E-state index in [1.54, 1.807) is 12.3 Å². The topological polar surface area (TPSA) is 114 Å². The Morgan fingerprint density at radius 1 is 1.21 bits per heavy atom. The van der Waals surface area contributed by atoms with Crippen molar-refractivity contribution in [1.29, 1.82) is 5.26 Å². The number of nitrogens with zero attached hydrogens (tertiary/aromatic N) is 3. The Kier molecular flexibility index (Phi) is 3.78. The molecule has 7 heteroatoms. The van der Waals surface area contributed by atoms with Crippen molar-refractivity contribution in [2.45, 2.75) is 37.0 Å². The summed E-state index contributed by atoms with van der Waals surface area (Å²) >= 11 is 0. The number of fused-ring (bicyclic) bond motifs is 4. The maximum atomic E-state index is 10.3. The van der Waals surface area contributed by atoms with Crippen LogP contribution in [0.5, 0.6) is 5.75 Å². The summed E-state index contributed by atoms with van der Waals surface area (Å²) in [4.78, 5) is 8.88. The first-order valence-corrected chi connectivity index (χ1v) is 9.42. The van der Waals surface area contributed by atoms with Crippen molar-refractivity contribution in [2.24, 2.45) is 16.6 Å². The van der Waals surface area contributed by atoms with E-state index < -0.39 is 5.54 Å². The highest BCUT2D eigenvalue weighted by Crippen LogP contribution is 2.52. The molecule has 0 amide bonds. The summed E-state index contributed by atoms with van der Waals surface area (Å²) in [6, 6.07) is 10.0. The Bertz CT molecular complexity index is 1010. The summed E-state index contributed by atoms with van der Waals surface area (Å²) in [5, 5.41) is 19.5. The number of aliphatic hydroxyl groups excluding tert-OH is 1. The molecule has 0 radical (unpaired) electrons. The lowest BCUT2D eigenvalue weighted by atomic mass is 9.67. The smallest absolute Gasteiger partial charge is 0.283 e. The van der Waals surface area contributed by atoms with Gasteiger partial charge in [-0.3, -0.25) is 4.98 Å². The minimum Gasteiger partial charge on any atom is -0.490 e. The number of nitriles is 1. The molecule has 2 aliphatic heterocycles. The van der Waals surface area contributed by atoms with E-state index in [1.165, 1.54) is 6.20 Å². The van der Waals surface area contributed by atoms with Crippen molar-refractivity contribution in [3.05, 3.63) is 47.8 Å². The van der Waals surface area contributed by atoms with Crippen LogP contribution in [0.15, 0.2) is 41.7 Å². The molecular weight excluding hydrogens is 356 g/mol. The Hall–Kier alpha value is -3.11. The first-order chi connectivity index (χ1) is 13.6. The van der Waals surface area contributed by atoms with Crippen LogP contribution in [0.1, 0.15) is 30.4 Å². The van der Waals surface area contributed by atoms with Crippen LogP contribution in [-0.2, 0) is 10.3 Å². The van der Waals surface area contributed by atoms with Gasteiger partial charge >= 0.3 is 0 Å². The van der Waals surface area contributed by atoms with Gasteiger partial charge in [0.05, 0.1) is 11.7 Å². The fourth-order valence-corrected chi connectivity index (χ4v) is 4.71. The quantitative estimate of drug-likeness (QED) is 0.788. The molecule has 3 heterocycles. The normalized spacial score (nSPS) is 30.4. The Morgan fingerprint density at radius 3 is 2.89 bits per heavy atom. The Morgan fingerprint density at radius 2 is 2.11 bits per heavy atom. The molecule has 2 aromatic rings. The SMILES string of the molecule is N#Cc1cncc(-c2ccc3c(c2)C2(COC(N)=N2)[C@H]2C[C@@H](O)CC[C@@H]2O3)c1. The van der Waals surface area contributed by atoms with E-state index in [0.29, 0.717) is 18.6 Å². The molecule has 0 bridgehead atoms. The third kappa shape index (κ3) is 2.53. The minimum absolute atomic E-state index is 0.0105. The van der Waals surface area contributed by atoms with Crippen LogP contribution in [0.2, 0.25) is 0 Å². The number of pyridine rings is 1. The summed E-state index contributed by atoms with van der Waals surface area (Å²) < 4.78 is 11.9. The van der Waals surface area contributed by atoms with Gasteiger partial charge in [-0.05, 0) is 43.0 Å². The Balaban J connectivity index is 1.66. The first-order valence-electron chi connectivity index (χ1n) is 9.42. The Labute approximate surface area is 162 Å². The zero-order valence-corrected chi connectivity index (χ0v) is 15.2. The molecule has 0 saturated heterocycles. The second-order valence-electron chi connectivity index (χ2n) is 7.68. The van der Waals surface area contributed by atoms with Gasteiger partial charge in [-0.1, -0.05) is 6.07 Å². The molecule has 1 spiro atoms. The van der Waals surface area contributed by atoms with E-state index >= 15 is 0 Å². The molecule has 3 N–H and O–H groups in total. The molecule has 1 aromatic heterocycles. The van der Waals surface area contributed by atoms with Crippen molar-refractivity contribution >= 4 is 6.02 Å². The van der Waals surface area contributed by atoms with E-state index in [1.807, 2.05) is 18.2 Å². The molecule has 1 saturated carbocycles. The summed E-state index contributed by atoms with van der Waals surface area (Å²) in [5.74, 6) is 0.761. The highest BCUT2D eigenvalue weighted by atomic mass is 16.5.